The Bertz CT molecular complexity index is 1340. The fourth-order valence-corrected chi connectivity index (χ4v) is 4.71. The number of carbonyl (C=O) groups is 1. The molecule has 1 saturated heterocycles. The van der Waals surface area contributed by atoms with E-state index in [0.717, 1.165) is 31.9 Å². The number of nitrogens with one attached hydrogen (secondary N) is 3. The molecule has 0 unspecified atom stereocenters. The smallest absolute Gasteiger partial charge is 0.256 e. The topological polar surface area (TPSA) is 115 Å². The van der Waals surface area contributed by atoms with Crippen LogP contribution in [0, 0.1) is 0 Å². The first-order valence-electron chi connectivity index (χ1n) is 13.2. The van der Waals surface area contributed by atoms with Crippen molar-refractivity contribution in [2.24, 2.45) is 0 Å². The zero-order valence-corrected chi connectivity index (χ0v) is 22.4. The predicted molar refractivity (Wildman–Crippen MR) is 153 cm³/mol. The minimum Gasteiger partial charge on any atom is -0.490 e. The largest absolute Gasteiger partial charge is 0.490 e. The van der Waals surface area contributed by atoms with Crippen LogP contribution in [0.2, 0.25) is 0 Å². The third-order valence-electron chi connectivity index (χ3n) is 7.23. The molecule has 0 bridgehead atoms. The molecule has 10 nitrogen and oxygen atoms in total. The minimum absolute atomic E-state index is 0.215. The maximum absolute atomic E-state index is 12.9. The van der Waals surface area contributed by atoms with Gasteiger partial charge >= 0.3 is 0 Å². The van der Waals surface area contributed by atoms with Crippen molar-refractivity contribution in [3.8, 4) is 5.75 Å². The van der Waals surface area contributed by atoms with E-state index in [-0.39, 0.29) is 18.1 Å². The molecular weight excluding hydrogens is 494 g/mol. The quantitative estimate of drug-likeness (QED) is 0.309. The van der Waals surface area contributed by atoms with Gasteiger partial charge in [-0.2, -0.15) is 4.98 Å². The Kier molecular flexibility index (Phi) is 7.67. The standard InChI is InChI=1S/C29H35N7O3/c1-4-12-30-27(37)23-18-31-28(33-20-6-9-22(10-7-20)36-15-13-35(3)14-16-36)34-26(23)32-21-8-11-25-24(17-21)29(38,5-2)19-39-25/h4,6-11,17-18,38H,1,5,12-16,19H2,2-3H3,(H,30,37)(H2,31,32,33,34)/t29-/m0/s1. The van der Waals surface area contributed by atoms with Gasteiger partial charge in [-0.05, 0) is 55.9 Å². The van der Waals surface area contributed by atoms with Crippen molar-refractivity contribution < 1.29 is 14.6 Å². The van der Waals surface area contributed by atoms with Crippen molar-refractivity contribution in [3.05, 3.63) is 72.4 Å². The Labute approximate surface area is 228 Å². The molecule has 0 radical (unpaired) electrons. The lowest BCUT2D eigenvalue weighted by molar-refractivity contribution is 0.0129. The number of piperazine rings is 1. The summed E-state index contributed by atoms with van der Waals surface area (Å²) in [5.41, 5.74) is 2.64. The molecule has 1 atom stereocenters. The number of fused-ring (bicyclic) bond motifs is 1. The van der Waals surface area contributed by atoms with E-state index in [9.17, 15) is 9.90 Å². The summed E-state index contributed by atoms with van der Waals surface area (Å²) in [4.78, 5) is 26.6. The number of benzene rings is 2. The van der Waals surface area contributed by atoms with E-state index in [1.54, 1.807) is 6.08 Å². The highest BCUT2D eigenvalue weighted by Crippen LogP contribution is 2.41. The maximum atomic E-state index is 12.9. The maximum Gasteiger partial charge on any atom is 0.256 e. The lowest BCUT2D eigenvalue weighted by Crippen LogP contribution is -2.44. The van der Waals surface area contributed by atoms with Gasteiger partial charge in [-0.25, -0.2) is 4.98 Å². The van der Waals surface area contributed by atoms with Gasteiger partial charge in [0.1, 0.15) is 29.3 Å². The van der Waals surface area contributed by atoms with E-state index in [0.29, 0.717) is 41.7 Å². The van der Waals surface area contributed by atoms with Gasteiger partial charge in [-0.3, -0.25) is 4.79 Å². The molecule has 5 rings (SSSR count). The third-order valence-corrected chi connectivity index (χ3v) is 7.23. The van der Waals surface area contributed by atoms with Gasteiger partial charge in [-0.15, -0.1) is 6.58 Å². The summed E-state index contributed by atoms with van der Waals surface area (Å²) >= 11 is 0. The van der Waals surface area contributed by atoms with Crippen LogP contribution in [0.1, 0.15) is 29.3 Å². The lowest BCUT2D eigenvalue weighted by Gasteiger charge is -2.34. The van der Waals surface area contributed by atoms with E-state index in [2.05, 4.69) is 61.5 Å². The second-order valence-electron chi connectivity index (χ2n) is 9.93. The Morgan fingerprint density at radius 3 is 2.59 bits per heavy atom. The van der Waals surface area contributed by atoms with Crippen LogP contribution in [0.3, 0.4) is 0 Å². The number of nitrogens with zero attached hydrogens (tertiary/aromatic N) is 4. The van der Waals surface area contributed by atoms with E-state index < -0.39 is 5.60 Å². The van der Waals surface area contributed by atoms with Crippen LogP contribution in [-0.2, 0) is 5.60 Å². The van der Waals surface area contributed by atoms with E-state index in [1.165, 1.54) is 11.9 Å². The molecule has 0 spiro atoms. The molecule has 3 heterocycles. The van der Waals surface area contributed by atoms with E-state index >= 15 is 0 Å². The normalized spacial score (nSPS) is 18.7. The highest BCUT2D eigenvalue weighted by Gasteiger charge is 2.37. The molecular formula is C29H35N7O3. The fourth-order valence-electron chi connectivity index (χ4n) is 4.71. The van der Waals surface area contributed by atoms with Crippen molar-refractivity contribution in [3.63, 3.8) is 0 Å². The number of likely N-dealkylation sites (N-methyl/N-ethyl adjacent to an activating group) is 1. The molecule has 2 aromatic carbocycles. The van der Waals surface area contributed by atoms with Crippen molar-refractivity contribution >= 4 is 34.7 Å². The minimum atomic E-state index is -1.05. The van der Waals surface area contributed by atoms with E-state index in [4.69, 9.17) is 4.74 Å². The van der Waals surface area contributed by atoms with Crippen molar-refractivity contribution in [2.75, 3.05) is 61.9 Å². The van der Waals surface area contributed by atoms with Crippen molar-refractivity contribution in [2.45, 2.75) is 18.9 Å². The second-order valence-corrected chi connectivity index (χ2v) is 9.93. The van der Waals surface area contributed by atoms with E-state index in [1.807, 2.05) is 37.3 Å². The molecule has 2 aliphatic heterocycles. The number of aliphatic hydroxyl groups is 1. The molecule has 3 aromatic rings. The van der Waals surface area contributed by atoms with Crippen molar-refractivity contribution in [1.82, 2.24) is 20.2 Å². The summed E-state index contributed by atoms with van der Waals surface area (Å²) in [7, 11) is 2.14. The van der Waals surface area contributed by atoms with Gasteiger partial charge in [0.05, 0.1) is 0 Å². The molecule has 0 aliphatic carbocycles. The summed E-state index contributed by atoms with van der Waals surface area (Å²) in [6.07, 6.45) is 3.63. The second kappa shape index (κ2) is 11.3. The fraction of sp³-hybridized carbons (Fsp3) is 0.345. The van der Waals surface area contributed by atoms with Crippen LogP contribution in [0.15, 0.2) is 61.3 Å². The van der Waals surface area contributed by atoms with Gasteiger partial charge in [0.15, 0.2) is 0 Å². The predicted octanol–water partition coefficient (Wildman–Crippen LogP) is 3.62. The van der Waals surface area contributed by atoms with Crippen LogP contribution in [-0.4, -0.2) is 72.3 Å². The van der Waals surface area contributed by atoms with Gasteiger partial charge < -0.3 is 35.6 Å². The Hall–Kier alpha value is -4.15. The number of hydrogen-bond donors (Lipinski definition) is 4. The molecule has 2 aliphatic rings. The molecule has 1 amide bonds. The molecule has 0 saturated carbocycles. The lowest BCUT2D eigenvalue weighted by atomic mass is 9.93. The van der Waals surface area contributed by atoms with Gasteiger partial charge in [0.25, 0.3) is 5.91 Å². The van der Waals surface area contributed by atoms with Crippen LogP contribution < -0.4 is 25.6 Å². The molecule has 1 fully saturated rings. The number of hydrogen-bond acceptors (Lipinski definition) is 9. The first-order valence-corrected chi connectivity index (χ1v) is 13.2. The molecule has 10 heteroatoms. The number of amides is 1. The monoisotopic (exact) mass is 529 g/mol. The number of carbonyl (C=O) groups excluding carboxylic acids is 1. The highest BCUT2D eigenvalue weighted by molar-refractivity contribution is 5.99. The number of rotatable bonds is 9. The van der Waals surface area contributed by atoms with Crippen molar-refractivity contribution in [1.29, 1.82) is 0 Å². The van der Waals surface area contributed by atoms with Crippen LogP contribution in [0.25, 0.3) is 0 Å². The SMILES string of the molecule is C=CCNC(=O)c1cnc(Nc2ccc(N3CCN(C)CC3)cc2)nc1Nc1ccc2c(c1)[C@](O)(CC)CO2. The van der Waals surface area contributed by atoms with Gasteiger partial charge in [0, 0.05) is 61.5 Å². The summed E-state index contributed by atoms with van der Waals surface area (Å²) in [5.74, 6) is 1.01. The van der Waals surface area contributed by atoms with Gasteiger partial charge in [-0.1, -0.05) is 13.0 Å². The van der Waals surface area contributed by atoms with Crippen LogP contribution in [0.4, 0.5) is 28.8 Å². The summed E-state index contributed by atoms with van der Waals surface area (Å²) in [6.45, 7) is 10.2. The summed E-state index contributed by atoms with van der Waals surface area (Å²) in [5, 5.41) is 20.2. The molecule has 1 aromatic heterocycles. The molecule has 39 heavy (non-hydrogen) atoms. The zero-order valence-electron chi connectivity index (χ0n) is 22.4. The average molecular weight is 530 g/mol. The molecule has 4 N–H and O–H groups in total. The number of anilines is 5. The Morgan fingerprint density at radius 2 is 1.87 bits per heavy atom. The first-order chi connectivity index (χ1) is 18.9. The highest BCUT2D eigenvalue weighted by atomic mass is 16.5. The third kappa shape index (κ3) is 5.81. The van der Waals surface area contributed by atoms with Gasteiger partial charge in [0.2, 0.25) is 5.95 Å². The van der Waals surface area contributed by atoms with Crippen LogP contribution in [0.5, 0.6) is 5.75 Å². The zero-order chi connectivity index (χ0) is 27.4. The Morgan fingerprint density at radius 1 is 1.13 bits per heavy atom. The first kappa shape index (κ1) is 26.5. The number of aromatic nitrogens is 2. The Balaban J connectivity index is 1.38. The average Bonchev–Trinajstić information content (AvgIpc) is 3.29. The summed E-state index contributed by atoms with van der Waals surface area (Å²) in [6, 6.07) is 13.7. The number of ether oxygens (including phenoxy) is 1. The van der Waals surface area contributed by atoms with Crippen LogP contribution >= 0.6 is 0 Å². The molecule has 204 valence electrons. The summed E-state index contributed by atoms with van der Waals surface area (Å²) < 4.78 is 5.66.